The molecule has 0 bridgehead atoms. The number of nitrogens with zero attached hydrogens (tertiary/aromatic N) is 2. The maximum atomic E-state index is 4.38. The van der Waals surface area contributed by atoms with Crippen LogP contribution in [-0.2, 0) is 0 Å². The van der Waals surface area contributed by atoms with E-state index in [1.54, 1.807) is 0 Å². The van der Waals surface area contributed by atoms with E-state index in [2.05, 4.69) is 15.2 Å². The Morgan fingerprint density at radius 2 is 2.40 bits per heavy atom. The minimum Gasteiger partial charge on any atom is -0.347 e. The SMILES string of the molecule is C1CCN2CNCN=C2C1. The second-order valence-corrected chi connectivity index (χ2v) is 2.86. The fourth-order valence-corrected chi connectivity index (χ4v) is 1.55. The van der Waals surface area contributed by atoms with Crippen LogP contribution in [0, 0.1) is 0 Å². The molecule has 1 fully saturated rings. The first-order valence-electron chi connectivity index (χ1n) is 3.96. The molecule has 0 aromatic carbocycles. The summed E-state index contributed by atoms with van der Waals surface area (Å²) in [5.41, 5.74) is 0. The lowest BCUT2D eigenvalue weighted by molar-refractivity contribution is 0.324. The van der Waals surface area contributed by atoms with Gasteiger partial charge in [0, 0.05) is 13.0 Å². The maximum Gasteiger partial charge on any atom is 0.101 e. The van der Waals surface area contributed by atoms with Gasteiger partial charge in [-0.2, -0.15) is 0 Å². The minimum absolute atomic E-state index is 0.825. The third kappa shape index (κ3) is 1.01. The molecule has 0 amide bonds. The van der Waals surface area contributed by atoms with Crippen LogP contribution in [0.15, 0.2) is 4.99 Å². The Morgan fingerprint density at radius 3 is 3.30 bits per heavy atom. The molecule has 0 saturated carbocycles. The van der Waals surface area contributed by atoms with Crippen molar-refractivity contribution < 1.29 is 0 Å². The van der Waals surface area contributed by atoms with Crippen molar-refractivity contribution in [2.24, 2.45) is 4.99 Å². The van der Waals surface area contributed by atoms with Crippen molar-refractivity contribution in [1.82, 2.24) is 10.2 Å². The van der Waals surface area contributed by atoms with Gasteiger partial charge in [-0.25, -0.2) is 0 Å². The van der Waals surface area contributed by atoms with E-state index in [1.165, 1.54) is 31.6 Å². The molecule has 0 atom stereocenters. The molecule has 2 rings (SSSR count). The molecule has 1 N–H and O–H groups in total. The van der Waals surface area contributed by atoms with Crippen LogP contribution in [0.25, 0.3) is 0 Å². The minimum atomic E-state index is 0.825. The van der Waals surface area contributed by atoms with Crippen molar-refractivity contribution in [3.05, 3.63) is 0 Å². The van der Waals surface area contributed by atoms with Crippen LogP contribution in [0.3, 0.4) is 0 Å². The van der Waals surface area contributed by atoms with Gasteiger partial charge in [0.2, 0.25) is 0 Å². The van der Waals surface area contributed by atoms with Crippen LogP contribution in [0.4, 0.5) is 0 Å². The molecule has 0 spiro atoms. The fourth-order valence-electron chi connectivity index (χ4n) is 1.55. The zero-order valence-corrected chi connectivity index (χ0v) is 6.14. The molecule has 10 heavy (non-hydrogen) atoms. The van der Waals surface area contributed by atoms with Crippen molar-refractivity contribution in [3.63, 3.8) is 0 Å². The molecule has 0 radical (unpaired) electrons. The second kappa shape index (κ2) is 2.58. The summed E-state index contributed by atoms with van der Waals surface area (Å²) in [7, 11) is 0. The zero-order valence-electron chi connectivity index (χ0n) is 6.14. The lowest BCUT2D eigenvalue weighted by Crippen LogP contribution is -2.45. The number of aliphatic imine (C=N–C) groups is 1. The van der Waals surface area contributed by atoms with Crippen LogP contribution in [0.5, 0.6) is 0 Å². The van der Waals surface area contributed by atoms with Gasteiger partial charge in [-0.05, 0) is 12.8 Å². The van der Waals surface area contributed by atoms with Gasteiger partial charge in [-0.15, -0.1) is 0 Å². The summed E-state index contributed by atoms with van der Waals surface area (Å²) in [5, 5.41) is 3.22. The third-order valence-corrected chi connectivity index (χ3v) is 2.12. The van der Waals surface area contributed by atoms with Crippen LogP contribution < -0.4 is 5.32 Å². The third-order valence-electron chi connectivity index (χ3n) is 2.12. The highest BCUT2D eigenvalue weighted by Crippen LogP contribution is 2.12. The van der Waals surface area contributed by atoms with Crippen molar-refractivity contribution >= 4 is 5.84 Å². The zero-order chi connectivity index (χ0) is 6.81. The van der Waals surface area contributed by atoms with Gasteiger partial charge in [-0.1, -0.05) is 0 Å². The van der Waals surface area contributed by atoms with Crippen molar-refractivity contribution in [2.75, 3.05) is 19.9 Å². The van der Waals surface area contributed by atoms with E-state index in [9.17, 15) is 0 Å². The number of piperidine rings is 1. The molecule has 0 unspecified atom stereocenters. The fraction of sp³-hybridized carbons (Fsp3) is 0.857. The number of rotatable bonds is 0. The van der Waals surface area contributed by atoms with Gasteiger partial charge < -0.3 is 4.90 Å². The Kier molecular flexibility index (Phi) is 1.59. The molecule has 0 aliphatic carbocycles. The molecule has 0 aromatic heterocycles. The van der Waals surface area contributed by atoms with Crippen LogP contribution >= 0.6 is 0 Å². The van der Waals surface area contributed by atoms with Crippen molar-refractivity contribution in [3.8, 4) is 0 Å². The summed E-state index contributed by atoms with van der Waals surface area (Å²) in [4.78, 5) is 6.72. The summed E-state index contributed by atoms with van der Waals surface area (Å²) < 4.78 is 0. The number of hydrogen-bond acceptors (Lipinski definition) is 3. The van der Waals surface area contributed by atoms with Gasteiger partial charge in [0.15, 0.2) is 0 Å². The van der Waals surface area contributed by atoms with Gasteiger partial charge >= 0.3 is 0 Å². The molecule has 2 aliphatic rings. The molecule has 1 saturated heterocycles. The Labute approximate surface area is 61.1 Å². The number of nitrogens with one attached hydrogen (secondary N) is 1. The summed E-state index contributed by atoms with van der Waals surface area (Å²) in [6.07, 6.45) is 3.86. The monoisotopic (exact) mass is 139 g/mol. The Balaban J connectivity index is 2.08. The summed E-state index contributed by atoms with van der Waals surface area (Å²) in [6.45, 7) is 3.04. The smallest absolute Gasteiger partial charge is 0.101 e. The van der Waals surface area contributed by atoms with Gasteiger partial charge in [0.1, 0.15) is 5.84 Å². The molecule has 3 heteroatoms. The molecule has 2 aliphatic heterocycles. The lowest BCUT2D eigenvalue weighted by atomic mass is 10.1. The van der Waals surface area contributed by atoms with E-state index in [0.29, 0.717) is 0 Å². The first kappa shape index (κ1) is 6.16. The van der Waals surface area contributed by atoms with E-state index in [-0.39, 0.29) is 0 Å². The topological polar surface area (TPSA) is 27.6 Å². The number of fused-ring (bicyclic) bond motifs is 1. The van der Waals surface area contributed by atoms with E-state index < -0.39 is 0 Å². The van der Waals surface area contributed by atoms with Crippen molar-refractivity contribution in [1.29, 1.82) is 0 Å². The second-order valence-electron chi connectivity index (χ2n) is 2.86. The Morgan fingerprint density at radius 1 is 1.40 bits per heavy atom. The summed E-state index contributed by atoms with van der Waals surface area (Å²) in [6, 6.07) is 0. The largest absolute Gasteiger partial charge is 0.347 e. The first-order chi connectivity index (χ1) is 4.97. The molecule has 2 heterocycles. The van der Waals surface area contributed by atoms with Gasteiger partial charge in [0.05, 0.1) is 13.3 Å². The Bertz CT molecular complexity index is 153. The van der Waals surface area contributed by atoms with Crippen LogP contribution in [-0.4, -0.2) is 30.6 Å². The van der Waals surface area contributed by atoms with Crippen LogP contribution in [0.2, 0.25) is 0 Å². The number of amidine groups is 1. The van der Waals surface area contributed by atoms with Gasteiger partial charge in [0.25, 0.3) is 0 Å². The highest BCUT2D eigenvalue weighted by molar-refractivity contribution is 5.83. The van der Waals surface area contributed by atoms with Crippen molar-refractivity contribution in [2.45, 2.75) is 19.3 Å². The molecular formula is C7H13N3. The molecule has 3 nitrogen and oxygen atoms in total. The summed E-state index contributed by atoms with van der Waals surface area (Å²) in [5.74, 6) is 1.32. The average molecular weight is 139 g/mol. The highest BCUT2D eigenvalue weighted by Gasteiger charge is 2.17. The van der Waals surface area contributed by atoms with Gasteiger partial charge in [-0.3, -0.25) is 10.3 Å². The van der Waals surface area contributed by atoms with Crippen LogP contribution in [0.1, 0.15) is 19.3 Å². The van der Waals surface area contributed by atoms with E-state index in [1.807, 2.05) is 0 Å². The van der Waals surface area contributed by atoms with E-state index >= 15 is 0 Å². The quantitative estimate of drug-likeness (QED) is 0.525. The standard InChI is InChI=1S/C7H13N3/c1-2-4-10-6-8-5-9-7(10)3-1/h8H,1-6H2. The predicted molar refractivity (Wildman–Crippen MR) is 40.9 cm³/mol. The maximum absolute atomic E-state index is 4.38. The van der Waals surface area contributed by atoms with E-state index in [4.69, 9.17) is 0 Å². The molecule has 56 valence electrons. The predicted octanol–water partition coefficient (Wildman–Crippen LogP) is 0.389. The molecule has 0 aromatic rings. The highest BCUT2D eigenvalue weighted by atomic mass is 15.3. The normalized spacial score (nSPS) is 25.6. The van der Waals surface area contributed by atoms with E-state index in [0.717, 1.165) is 13.3 Å². The number of hydrogen-bond donors (Lipinski definition) is 1. The Hall–Kier alpha value is -0.570. The first-order valence-corrected chi connectivity index (χ1v) is 3.96. The lowest BCUT2D eigenvalue weighted by Gasteiger charge is -2.33. The summed E-state index contributed by atoms with van der Waals surface area (Å²) >= 11 is 0. The average Bonchev–Trinajstić information content (AvgIpc) is 2.05. The molecular weight excluding hydrogens is 126 g/mol.